The summed E-state index contributed by atoms with van der Waals surface area (Å²) in [6.45, 7) is -0.668. The van der Waals surface area contributed by atoms with Gasteiger partial charge in [0.2, 0.25) is 5.91 Å². The van der Waals surface area contributed by atoms with Crippen molar-refractivity contribution < 1.29 is 22.8 Å². The fourth-order valence-corrected chi connectivity index (χ4v) is 4.69. The molecule has 1 saturated heterocycles. The number of alkyl halides is 3. The van der Waals surface area contributed by atoms with E-state index in [9.17, 15) is 28.0 Å². The fourth-order valence-electron chi connectivity index (χ4n) is 4.69. The number of likely N-dealkylation sites (tertiary alicyclic amines) is 1. The largest absolute Gasteiger partial charge is 0.405 e. The molecular formula is C28H28F3N9O2. The highest BCUT2D eigenvalue weighted by Crippen LogP contribution is 2.36. The summed E-state index contributed by atoms with van der Waals surface area (Å²) in [5.41, 5.74) is 8.41. The van der Waals surface area contributed by atoms with E-state index < -0.39 is 24.3 Å². The number of amides is 3. The summed E-state index contributed by atoms with van der Waals surface area (Å²) >= 11 is 0. The number of urea groups is 1. The van der Waals surface area contributed by atoms with Gasteiger partial charge in [-0.3, -0.25) is 9.79 Å². The molecule has 1 aromatic carbocycles. The molecule has 4 N–H and O–H groups in total. The molecule has 3 amide bonds. The van der Waals surface area contributed by atoms with Crippen molar-refractivity contribution in [2.24, 2.45) is 16.6 Å². The quantitative estimate of drug-likeness (QED) is 0.328. The lowest BCUT2D eigenvalue weighted by Crippen LogP contribution is -2.62. The third-order valence-electron chi connectivity index (χ3n) is 7.11. The van der Waals surface area contributed by atoms with E-state index in [0.29, 0.717) is 59.2 Å². The monoisotopic (exact) mass is 579 g/mol. The van der Waals surface area contributed by atoms with Crippen LogP contribution in [0.25, 0.3) is 22.5 Å². The number of imidazole rings is 1. The van der Waals surface area contributed by atoms with E-state index in [2.05, 4.69) is 26.5 Å². The van der Waals surface area contributed by atoms with E-state index in [4.69, 9.17) is 5.73 Å². The van der Waals surface area contributed by atoms with Crippen LogP contribution in [0.3, 0.4) is 0 Å². The van der Waals surface area contributed by atoms with Gasteiger partial charge in [0.15, 0.2) is 5.65 Å². The molecule has 0 bridgehead atoms. The van der Waals surface area contributed by atoms with Crippen molar-refractivity contribution in [3.05, 3.63) is 54.5 Å². The van der Waals surface area contributed by atoms with Gasteiger partial charge in [-0.2, -0.15) is 23.5 Å². The van der Waals surface area contributed by atoms with Crippen molar-refractivity contribution in [1.82, 2.24) is 24.8 Å². The van der Waals surface area contributed by atoms with Crippen LogP contribution in [0.4, 0.5) is 23.7 Å². The number of nitrogens with one attached hydrogen (secondary N) is 2. The third-order valence-corrected chi connectivity index (χ3v) is 7.11. The first kappa shape index (κ1) is 28.6. The standard InChI is InChI=1S/C28H28F3N9O2/c29-28(30,31)15-35-26(42)38-22-3-1-2-19(9-22)23-14-34-24-10-20(13-37-40(23)24)21(11-33)12-36-27(6-7-32)16-39(17-27)25(41)8-18-4-5-18/h1-3,9-14,18H,4-6,8,15-17,33H2,(H2,35,38,42). The zero-order chi connectivity index (χ0) is 29.9. The lowest BCUT2D eigenvalue weighted by atomic mass is 9.87. The summed E-state index contributed by atoms with van der Waals surface area (Å²) in [7, 11) is 0. The lowest BCUT2D eigenvalue weighted by molar-refractivity contribution is -0.138. The Kier molecular flexibility index (Phi) is 7.84. The smallest absolute Gasteiger partial charge is 0.404 e. The number of anilines is 1. The molecule has 0 spiro atoms. The first-order valence-corrected chi connectivity index (χ1v) is 13.3. The predicted molar refractivity (Wildman–Crippen MR) is 149 cm³/mol. The van der Waals surface area contributed by atoms with Gasteiger partial charge in [0.25, 0.3) is 0 Å². The van der Waals surface area contributed by atoms with Crippen molar-refractivity contribution >= 4 is 35.1 Å². The van der Waals surface area contributed by atoms with Gasteiger partial charge in [-0.1, -0.05) is 12.1 Å². The number of fused-ring (bicyclic) bond motifs is 1. The second-order valence-electron chi connectivity index (χ2n) is 10.5. The average molecular weight is 580 g/mol. The zero-order valence-electron chi connectivity index (χ0n) is 22.4. The molecule has 1 aliphatic carbocycles. The number of nitrogens with two attached hydrogens (primary N) is 1. The Morgan fingerprint density at radius 1 is 1.24 bits per heavy atom. The number of benzene rings is 1. The maximum absolute atomic E-state index is 12.4. The van der Waals surface area contributed by atoms with Crippen LogP contribution < -0.4 is 16.4 Å². The van der Waals surface area contributed by atoms with E-state index in [0.717, 1.165) is 12.8 Å². The fraction of sp³-hybridized carbons (Fsp3) is 0.357. The Hall–Kier alpha value is -4.93. The molecule has 0 radical (unpaired) electrons. The predicted octanol–water partition coefficient (Wildman–Crippen LogP) is 3.75. The van der Waals surface area contributed by atoms with Crippen molar-refractivity contribution in [2.45, 2.75) is 37.4 Å². The van der Waals surface area contributed by atoms with Crippen molar-refractivity contribution in [3.8, 4) is 17.3 Å². The Bertz CT molecular complexity index is 1600. The third kappa shape index (κ3) is 6.68. The highest BCUT2D eigenvalue weighted by Gasteiger charge is 2.45. The molecule has 2 fully saturated rings. The molecule has 11 nitrogen and oxygen atoms in total. The van der Waals surface area contributed by atoms with Gasteiger partial charge in [0.1, 0.15) is 12.1 Å². The van der Waals surface area contributed by atoms with Crippen LogP contribution in [-0.4, -0.2) is 69.0 Å². The molecule has 2 aromatic heterocycles. The highest BCUT2D eigenvalue weighted by molar-refractivity contribution is 6.10. The van der Waals surface area contributed by atoms with Crippen molar-refractivity contribution in [2.75, 3.05) is 25.0 Å². The molecule has 1 saturated carbocycles. The number of halogens is 3. The van der Waals surface area contributed by atoms with Crippen LogP contribution in [0.2, 0.25) is 0 Å². The number of aliphatic imine (C=N–C) groups is 1. The molecule has 0 unspecified atom stereocenters. The van der Waals surface area contributed by atoms with Crippen molar-refractivity contribution in [1.29, 1.82) is 5.26 Å². The summed E-state index contributed by atoms with van der Waals surface area (Å²) < 4.78 is 38.7. The summed E-state index contributed by atoms with van der Waals surface area (Å²) in [5, 5.41) is 18.0. The number of aromatic nitrogens is 3. The summed E-state index contributed by atoms with van der Waals surface area (Å²) in [4.78, 5) is 35.1. The minimum Gasteiger partial charge on any atom is -0.404 e. The lowest BCUT2D eigenvalue weighted by Gasteiger charge is -2.46. The van der Waals surface area contributed by atoms with Gasteiger partial charge in [-0.15, -0.1) is 0 Å². The SMILES string of the molecule is N#CCC1(N=CC(=CN)c2cnn3c(-c4cccc(NC(=O)NCC(F)(F)F)c4)cnc3c2)CN(C(=O)CC2CC2)C1. The summed E-state index contributed by atoms with van der Waals surface area (Å²) in [6.07, 6.45) is 4.54. The maximum Gasteiger partial charge on any atom is 0.405 e. The zero-order valence-corrected chi connectivity index (χ0v) is 22.4. The highest BCUT2D eigenvalue weighted by atomic mass is 19.4. The number of carbonyl (C=O) groups excluding carboxylic acids is 2. The van der Waals surface area contributed by atoms with Crippen LogP contribution in [-0.2, 0) is 4.79 Å². The molecule has 3 heterocycles. The van der Waals surface area contributed by atoms with Gasteiger partial charge in [-0.25, -0.2) is 14.3 Å². The van der Waals surface area contributed by atoms with E-state index in [1.165, 1.54) is 6.20 Å². The van der Waals surface area contributed by atoms with E-state index >= 15 is 0 Å². The van der Waals surface area contributed by atoms with E-state index in [1.807, 2.05) is 0 Å². The molecule has 42 heavy (non-hydrogen) atoms. The first-order chi connectivity index (χ1) is 20.1. The summed E-state index contributed by atoms with van der Waals surface area (Å²) in [5.74, 6) is 0.592. The maximum atomic E-state index is 12.4. The van der Waals surface area contributed by atoms with Crippen molar-refractivity contribution in [3.63, 3.8) is 0 Å². The van der Waals surface area contributed by atoms with Gasteiger partial charge in [0, 0.05) is 54.3 Å². The molecule has 0 atom stereocenters. The summed E-state index contributed by atoms with van der Waals surface area (Å²) in [6, 6.07) is 9.49. The molecule has 14 heteroatoms. The Balaban J connectivity index is 1.29. The minimum absolute atomic E-state index is 0.103. The topological polar surface area (TPSA) is 154 Å². The molecule has 2 aliphatic rings. The Morgan fingerprint density at radius 2 is 2.02 bits per heavy atom. The number of nitriles is 1. The number of carbonyl (C=O) groups is 2. The molecular weight excluding hydrogens is 551 g/mol. The van der Waals surface area contributed by atoms with E-state index in [1.54, 1.807) is 63.7 Å². The van der Waals surface area contributed by atoms with Gasteiger partial charge >= 0.3 is 12.2 Å². The second-order valence-corrected chi connectivity index (χ2v) is 10.5. The molecule has 3 aromatic rings. The van der Waals surface area contributed by atoms with Crippen LogP contribution in [0.15, 0.2) is 53.9 Å². The Labute approximate surface area is 238 Å². The van der Waals surface area contributed by atoms with Crippen LogP contribution >= 0.6 is 0 Å². The van der Waals surface area contributed by atoms with Crippen LogP contribution in [0, 0.1) is 17.2 Å². The van der Waals surface area contributed by atoms with Crippen LogP contribution in [0.5, 0.6) is 0 Å². The first-order valence-electron chi connectivity index (χ1n) is 13.3. The van der Waals surface area contributed by atoms with E-state index in [-0.39, 0.29) is 12.3 Å². The van der Waals surface area contributed by atoms with Crippen LogP contribution in [0.1, 0.15) is 31.2 Å². The Morgan fingerprint density at radius 3 is 2.71 bits per heavy atom. The second kappa shape index (κ2) is 11.5. The number of nitrogens with zero attached hydrogens (tertiary/aromatic N) is 6. The number of hydrogen-bond acceptors (Lipinski definition) is 7. The normalized spacial score (nSPS) is 16.7. The minimum atomic E-state index is -4.52. The van der Waals surface area contributed by atoms with Gasteiger partial charge in [-0.05, 0) is 37.0 Å². The number of rotatable bonds is 9. The number of hydrogen-bond donors (Lipinski definition) is 3. The van der Waals surface area contributed by atoms with Gasteiger partial charge in [0.05, 0.1) is 30.6 Å². The molecule has 1 aliphatic heterocycles. The molecule has 218 valence electrons. The molecule has 5 rings (SSSR count). The average Bonchev–Trinajstić information content (AvgIpc) is 3.64. The number of allylic oxidation sites excluding steroid dienone is 1. The van der Waals surface area contributed by atoms with Gasteiger partial charge < -0.3 is 21.3 Å².